The molecule has 5 nitrogen and oxygen atoms in total. The molecule has 0 saturated carbocycles. The zero-order valence-electron chi connectivity index (χ0n) is 11.9. The highest BCUT2D eigenvalue weighted by Gasteiger charge is 2.16. The fraction of sp³-hybridized carbons (Fsp3) is 0.188. The van der Waals surface area contributed by atoms with E-state index < -0.39 is 0 Å². The predicted molar refractivity (Wildman–Crippen MR) is 80.9 cm³/mol. The quantitative estimate of drug-likeness (QED) is 0.775. The Morgan fingerprint density at radius 2 is 1.95 bits per heavy atom. The topological polar surface area (TPSA) is 70.7 Å². The Bertz CT molecular complexity index is 788. The molecule has 1 amide bonds. The molecule has 0 spiro atoms. The minimum Gasteiger partial charge on any atom is -0.343 e. The summed E-state index contributed by atoms with van der Waals surface area (Å²) in [5, 5.41) is 11.8. The zero-order valence-corrected chi connectivity index (χ0v) is 11.9. The number of amides is 1. The fourth-order valence-electron chi connectivity index (χ4n) is 2.41. The third-order valence-corrected chi connectivity index (χ3v) is 3.44. The van der Waals surface area contributed by atoms with Gasteiger partial charge in [0.2, 0.25) is 5.82 Å². The van der Waals surface area contributed by atoms with Crippen molar-refractivity contribution in [3.05, 3.63) is 59.7 Å². The van der Waals surface area contributed by atoms with Gasteiger partial charge in [0.1, 0.15) is 5.82 Å². The molecule has 1 heterocycles. The summed E-state index contributed by atoms with van der Waals surface area (Å²) in [5.74, 6) is 0.511. The van der Waals surface area contributed by atoms with E-state index in [-0.39, 0.29) is 17.8 Å². The van der Waals surface area contributed by atoms with Crippen molar-refractivity contribution in [3.63, 3.8) is 0 Å². The number of nitrogens with zero attached hydrogens (tertiary/aromatic N) is 2. The van der Waals surface area contributed by atoms with Gasteiger partial charge in [-0.15, -0.1) is 5.10 Å². The number of aryl methyl sites for hydroxylation is 1. The largest absolute Gasteiger partial charge is 0.343 e. The number of hydrogen-bond acceptors (Lipinski definition) is 3. The maximum Gasteiger partial charge on any atom is 0.291 e. The van der Waals surface area contributed by atoms with E-state index in [4.69, 9.17) is 0 Å². The van der Waals surface area contributed by atoms with Crippen LogP contribution in [0.1, 0.15) is 35.0 Å². The lowest BCUT2D eigenvalue weighted by Crippen LogP contribution is -2.27. The van der Waals surface area contributed by atoms with Gasteiger partial charge < -0.3 is 5.32 Å². The zero-order chi connectivity index (χ0) is 14.8. The molecule has 0 aliphatic carbocycles. The van der Waals surface area contributed by atoms with Crippen LogP contribution >= 0.6 is 0 Å². The van der Waals surface area contributed by atoms with Crippen LogP contribution in [0, 0.1) is 6.92 Å². The number of fused-ring (bicyclic) bond motifs is 1. The molecule has 1 aromatic heterocycles. The lowest BCUT2D eigenvalue weighted by atomic mass is 10.00. The number of carbonyl (C=O) groups is 1. The van der Waals surface area contributed by atoms with Crippen molar-refractivity contribution in [2.75, 3.05) is 0 Å². The Balaban J connectivity index is 1.87. The van der Waals surface area contributed by atoms with E-state index in [1.54, 1.807) is 6.92 Å². The molecular formula is C16H16N4O. The number of rotatable bonds is 3. The van der Waals surface area contributed by atoms with Gasteiger partial charge in [-0.1, -0.05) is 42.5 Å². The molecule has 106 valence electrons. The molecule has 3 rings (SSSR count). The molecule has 0 radical (unpaired) electrons. The smallest absolute Gasteiger partial charge is 0.291 e. The van der Waals surface area contributed by atoms with Crippen molar-refractivity contribution in [1.82, 2.24) is 20.5 Å². The highest BCUT2D eigenvalue weighted by atomic mass is 16.2. The van der Waals surface area contributed by atoms with Gasteiger partial charge in [0.15, 0.2) is 0 Å². The molecule has 0 aliphatic rings. The molecule has 21 heavy (non-hydrogen) atoms. The van der Waals surface area contributed by atoms with Gasteiger partial charge in [-0.25, -0.2) is 4.98 Å². The van der Waals surface area contributed by atoms with E-state index in [0.29, 0.717) is 5.82 Å². The molecule has 2 N–H and O–H groups in total. The molecule has 0 aliphatic heterocycles. The summed E-state index contributed by atoms with van der Waals surface area (Å²) < 4.78 is 0. The Hall–Kier alpha value is -2.69. The number of hydrogen-bond donors (Lipinski definition) is 2. The molecule has 3 aromatic rings. The van der Waals surface area contributed by atoms with Crippen molar-refractivity contribution in [3.8, 4) is 0 Å². The third-order valence-electron chi connectivity index (χ3n) is 3.44. The van der Waals surface area contributed by atoms with Crippen LogP contribution in [-0.4, -0.2) is 21.1 Å². The van der Waals surface area contributed by atoms with Crippen molar-refractivity contribution in [1.29, 1.82) is 0 Å². The van der Waals surface area contributed by atoms with Gasteiger partial charge in [-0.3, -0.25) is 9.89 Å². The summed E-state index contributed by atoms with van der Waals surface area (Å²) in [6.07, 6.45) is 0. The summed E-state index contributed by atoms with van der Waals surface area (Å²) in [5.41, 5.74) is 1.08. The normalized spacial score (nSPS) is 12.3. The van der Waals surface area contributed by atoms with Gasteiger partial charge in [0.05, 0.1) is 6.04 Å². The number of H-pyrrole nitrogens is 1. The van der Waals surface area contributed by atoms with Crippen LogP contribution in [0.2, 0.25) is 0 Å². The first kappa shape index (κ1) is 13.3. The number of benzene rings is 2. The Morgan fingerprint density at radius 1 is 1.19 bits per heavy atom. The molecule has 2 aromatic carbocycles. The van der Waals surface area contributed by atoms with Gasteiger partial charge in [-0.2, -0.15) is 0 Å². The minimum atomic E-state index is -0.278. The fourth-order valence-corrected chi connectivity index (χ4v) is 2.41. The predicted octanol–water partition coefficient (Wildman–Crippen LogP) is 2.76. The monoisotopic (exact) mass is 280 g/mol. The first-order chi connectivity index (χ1) is 10.1. The van der Waals surface area contributed by atoms with Gasteiger partial charge in [0, 0.05) is 0 Å². The lowest BCUT2D eigenvalue weighted by Gasteiger charge is -2.15. The number of aromatic amines is 1. The van der Waals surface area contributed by atoms with Gasteiger partial charge in [-0.05, 0) is 30.2 Å². The molecule has 1 unspecified atom stereocenters. The van der Waals surface area contributed by atoms with Crippen LogP contribution in [-0.2, 0) is 0 Å². The minimum absolute atomic E-state index is 0.123. The van der Waals surface area contributed by atoms with Crippen LogP contribution in [0.15, 0.2) is 42.5 Å². The van der Waals surface area contributed by atoms with Crippen molar-refractivity contribution < 1.29 is 4.79 Å². The highest BCUT2D eigenvalue weighted by molar-refractivity contribution is 5.91. The maximum atomic E-state index is 12.1. The Kier molecular flexibility index (Phi) is 3.39. The second-order valence-corrected chi connectivity index (χ2v) is 5.01. The second-order valence-electron chi connectivity index (χ2n) is 5.01. The number of carbonyl (C=O) groups excluding carboxylic acids is 1. The summed E-state index contributed by atoms with van der Waals surface area (Å²) in [4.78, 5) is 16.2. The Morgan fingerprint density at radius 3 is 2.71 bits per heavy atom. The summed E-state index contributed by atoms with van der Waals surface area (Å²) in [6.45, 7) is 3.72. The van der Waals surface area contributed by atoms with Crippen LogP contribution in [0.5, 0.6) is 0 Å². The molecule has 5 heteroatoms. The molecule has 0 fully saturated rings. The average Bonchev–Trinajstić information content (AvgIpc) is 2.93. The van der Waals surface area contributed by atoms with E-state index in [2.05, 4.69) is 38.7 Å². The third kappa shape index (κ3) is 2.63. The van der Waals surface area contributed by atoms with E-state index in [1.807, 2.05) is 31.2 Å². The van der Waals surface area contributed by atoms with Gasteiger partial charge in [0.25, 0.3) is 5.91 Å². The average molecular weight is 280 g/mol. The van der Waals surface area contributed by atoms with Crippen LogP contribution in [0.4, 0.5) is 0 Å². The summed E-state index contributed by atoms with van der Waals surface area (Å²) >= 11 is 0. The SMILES string of the molecule is Cc1nc(C(=O)NC(C)c2cccc3ccccc23)n[nH]1. The lowest BCUT2D eigenvalue weighted by molar-refractivity contribution is 0.0930. The first-order valence-corrected chi connectivity index (χ1v) is 6.82. The van der Waals surface area contributed by atoms with E-state index in [9.17, 15) is 4.79 Å². The number of aromatic nitrogens is 3. The summed E-state index contributed by atoms with van der Waals surface area (Å²) in [7, 11) is 0. The van der Waals surface area contributed by atoms with E-state index in [0.717, 1.165) is 16.3 Å². The second kappa shape index (κ2) is 5.36. The molecule has 0 bridgehead atoms. The maximum absolute atomic E-state index is 12.1. The van der Waals surface area contributed by atoms with Crippen molar-refractivity contribution in [2.45, 2.75) is 19.9 Å². The van der Waals surface area contributed by atoms with Crippen LogP contribution in [0.3, 0.4) is 0 Å². The molecule has 1 atom stereocenters. The summed E-state index contributed by atoms with van der Waals surface area (Å²) in [6, 6.07) is 14.1. The van der Waals surface area contributed by atoms with Crippen molar-refractivity contribution >= 4 is 16.7 Å². The standard InChI is InChI=1S/C16H16N4O/c1-10(17-16(21)15-18-11(2)19-20-15)13-9-5-7-12-6-3-4-8-14(12)13/h3-10H,1-2H3,(H,17,21)(H,18,19,20). The van der Waals surface area contributed by atoms with Crippen molar-refractivity contribution in [2.24, 2.45) is 0 Å². The Labute approximate surface area is 122 Å². The number of nitrogens with one attached hydrogen (secondary N) is 2. The molecular weight excluding hydrogens is 264 g/mol. The van der Waals surface area contributed by atoms with E-state index in [1.165, 1.54) is 0 Å². The van der Waals surface area contributed by atoms with Crippen LogP contribution < -0.4 is 5.32 Å². The highest BCUT2D eigenvalue weighted by Crippen LogP contribution is 2.24. The first-order valence-electron chi connectivity index (χ1n) is 6.82. The van der Waals surface area contributed by atoms with Gasteiger partial charge >= 0.3 is 0 Å². The molecule has 0 saturated heterocycles. The van der Waals surface area contributed by atoms with E-state index >= 15 is 0 Å². The van der Waals surface area contributed by atoms with Crippen LogP contribution in [0.25, 0.3) is 10.8 Å².